The molecular weight excluding hydrogens is 713 g/mol. The molecule has 0 amide bonds. The fourth-order valence-corrected chi connectivity index (χ4v) is 9.26. The van der Waals surface area contributed by atoms with Crippen LogP contribution in [0.3, 0.4) is 0 Å². The van der Waals surface area contributed by atoms with E-state index < -0.39 is 0 Å². The molecule has 274 valence electrons. The van der Waals surface area contributed by atoms with Crippen LogP contribution in [0.5, 0.6) is 0 Å². The van der Waals surface area contributed by atoms with E-state index in [0.717, 1.165) is 33.7 Å². The minimum atomic E-state index is 0.942. The molecule has 2 heterocycles. The van der Waals surface area contributed by atoms with Gasteiger partial charge < -0.3 is 4.57 Å². The number of rotatable bonds is 5. The van der Waals surface area contributed by atoms with Crippen LogP contribution in [0, 0.1) is 0 Å². The zero-order valence-electron chi connectivity index (χ0n) is 32.2. The van der Waals surface area contributed by atoms with E-state index in [-0.39, 0.29) is 0 Å². The molecule has 12 aromatic rings. The zero-order chi connectivity index (χ0) is 38.9. The Morgan fingerprint density at radius 3 is 1.42 bits per heavy atom. The number of benzene rings is 10. The van der Waals surface area contributed by atoms with Crippen molar-refractivity contribution in [1.82, 2.24) is 9.55 Å². The Balaban J connectivity index is 1.17. The molecule has 0 fully saturated rings. The first-order chi connectivity index (χ1) is 29.2. The summed E-state index contributed by atoms with van der Waals surface area (Å²) in [6.45, 7) is 0. The average molecular weight is 749 g/mol. The van der Waals surface area contributed by atoms with E-state index in [0.29, 0.717) is 0 Å². The number of hydrogen-bond acceptors (Lipinski definition) is 1. The first kappa shape index (κ1) is 33.3. The van der Waals surface area contributed by atoms with Crippen molar-refractivity contribution < 1.29 is 0 Å². The third kappa shape index (κ3) is 5.53. The van der Waals surface area contributed by atoms with Crippen molar-refractivity contribution in [1.29, 1.82) is 0 Å². The van der Waals surface area contributed by atoms with Gasteiger partial charge in [0.25, 0.3) is 0 Å². The molecule has 10 aromatic carbocycles. The lowest BCUT2D eigenvalue weighted by Crippen LogP contribution is -1.98. The Morgan fingerprint density at radius 2 is 0.729 bits per heavy atom. The van der Waals surface area contributed by atoms with E-state index in [4.69, 9.17) is 4.98 Å². The fourth-order valence-electron chi connectivity index (χ4n) is 9.26. The molecule has 12 rings (SSSR count). The van der Waals surface area contributed by atoms with Crippen LogP contribution < -0.4 is 0 Å². The van der Waals surface area contributed by atoms with Crippen LogP contribution in [0.1, 0.15) is 0 Å². The summed E-state index contributed by atoms with van der Waals surface area (Å²) in [4.78, 5) is 5.25. The third-order valence-electron chi connectivity index (χ3n) is 12.1. The lowest BCUT2D eigenvalue weighted by Gasteiger charge is -2.15. The minimum absolute atomic E-state index is 0.942. The van der Waals surface area contributed by atoms with Crippen molar-refractivity contribution in [3.8, 4) is 50.5 Å². The molecule has 0 aliphatic carbocycles. The van der Waals surface area contributed by atoms with Crippen LogP contribution in [-0.2, 0) is 0 Å². The van der Waals surface area contributed by atoms with Crippen LogP contribution in [0.15, 0.2) is 218 Å². The molecule has 2 heteroatoms. The van der Waals surface area contributed by atoms with Gasteiger partial charge in [-0.15, -0.1) is 0 Å². The van der Waals surface area contributed by atoms with Crippen molar-refractivity contribution >= 4 is 64.9 Å². The molecule has 0 N–H and O–H groups in total. The maximum atomic E-state index is 5.25. The molecule has 59 heavy (non-hydrogen) atoms. The molecule has 0 radical (unpaired) electrons. The number of nitrogens with zero attached hydrogens (tertiary/aromatic N) is 2. The monoisotopic (exact) mass is 748 g/mol. The summed E-state index contributed by atoms with van der Waals surface area (Å²) in [5, 5.41) is 12.5. The summed E-state index contributed by atoms with van der Waals surface area (Å²) < 4.78 is 2.46. The fraction of sp³-hybridized carbons (Fsp3) is 0. The highest BCUT2D eigenvalue weighted by Gasteiger charge is 2.19. The van der Waals surface area contributed by atoms with Gasteiger partial charge in [-0.05, 0) is 114 Å². The molecule has 0 spiro atoms. The standard InChI is InChI=1S/C57H36N2/c1-4-14-37(15-5-1)43-27-29-56-52(32-43)53-35-50-48-28-26-44(42-25-24-38-16-10-11-21-41(38)30-42)31-49(48)46-22-12-13-23-47(46)51(50)36-57(53)59(56)45-33-54(39-17-6-2-7-18-39)58-55(34-45)40-19-8-3-9-20-40/h1-36H. The van der Waals surface area contributed by atoms with Crippen molar-refractivity contribution in [2.24, 2.45) is 0 Å². The molecule has 0 bridgehead atoms. The second-order valence-electron chi connectivity index (χ2n) is 15.5. The van der Waals surface area contributed by atoms with Gasteiger partial charge in [0.2, 0.25) is 0 Å². The molecule has 0 unspecified atom stereocenters. The van der Waals surface area contributed by atoms with Gasteiger partial charge in [0.1, 0.15) is 0 Å². The van der Waals surface area contributed by atoms with Crippen molar-refractivity contribution in [2.75, 3.05) is 0 Å². The molecular formula is C57H36N2. The molecule has 0 saturated heterocycles. The second-order valence-corrected chi connectivity index (χ2v) is 15.5. The molecule has 0 aliphatic rings. The topological polar surface area (TPSA) is 17.8 Å². The van der Waals surface area contributed by atoms with Gasteiger partial charge in [-0.3, -0.25) is 0 Å². The Kier molecular flexibility index (Phi) is 7.57. The normalized spacial score (nSPS) is 11.7. The smallest absolute Gasteiger partial charge is 0.0730 e. The number of fused-ring (bicyclic) bond motifs is 10. The van der Waals surface area contributed by atoms with Crippen LogP contribution in [0.2, 0.25) is 0 Å². The Morgan fingerprint density at radius 1 is 0.254 bits per heavy atom. The van der Waals surface area contributed by atoms with Crippen molar-refractivity contribution in [3.63, 3.8) is 0 Å². The summed E-state index contributed by atoms with van der Waals surface area (Å²) in [6.07, 6.45) is 0. The highest BCUT2D eigenvalue weighted by molar-refractivity contribution is 6.29. The van der Waals surface area contributed by atoms with E-state index in [1.165, 1.54) is 81.6 Å². The maximum absolute atomic E-state index is 5.25. The van der Waals surface area contributed by atoms with Gasteiger partial charge in [0, 0.05) is 21.9 Å². The second kappa shape index (κ2) is 13.4. The first-order valence-electron chi connectivity index (χ1n) is 20.3. The van der Waals surface area contributed by atoms with Crippen LogP contribution >= 0.6 is 0 Å². The molecule has 0 saturated carbocycles. The number of pyridine rings is 1. The minimum Gasteiger partial charge on any atom is -0.309 e. The van der Waals surface area contributed by atoms with Gasteiger partial charge >= 0.3 is 0 Å². The first-order valence-corrected chi connectivity index (χ1v) is 20.3. The van der Waals surface area contributed by atoms with Crippen LogP contribution in [-0.4, -0.2) is 9.55 Å². The maximum Gasteiger partial charge on any atom is 0.0730 e. The Hall–Kier alpha value is -7.81. The number of hydrogen-bond donors (Lipinski definition) is 0. The molecule has 0 aliphatic heterocycles. The third-order valence-corrected chi connectivity index (χ3v) is 12.1. The van der Waals surface area contributed by atoms with Crippen LogP contribution in [0.4, 0.5) is 0 Å². The van der Waals surface area contributed by atoms with E-state index in [1.54, 1.807) is 0 Å². The molecule has 2 aromatic heterocycles. The zero-order valence-corrected chi connectivity index (χ0v) is 32.2. The summed E-state index contributed by atoms with van der Waals surface area (Å²) in [5.41, 5.74) is 12.3. The number of aromatic nitrogens is 2. The quantitative estimate of drug-likeness (QED) is 0.160. The van der Waals surface area contributed by atoms with Crippen LogP contribution in [0.25, 0.3) is 115 Å². The lowest BCUT2D eigenvalue weighted by molar-refractivity contribution is 1.16. The predicted octanol–water partition coefficient (Wildman–Crippen LogP) is 15.5. The summed E-state index contributed by atoms with van der Waals surface area (Å²) in [5.74, 6) is 0. The molecule has 0 atom stereocenters. The SMILES string of the molecule is c1ccc(-c2ccc3c(c2)c2cc4c5ccc(-c6ccc7ccccc7c6)cc5c5ccccc5c4cc2n3-c2cc(-c3ccccc3)nc(-c3ccccc3)c2)cc1. The summed E-state index contributed by atoms with van der Waals surface area (Å²) in [7, 11) is 0. The van der Waals surface area contributed by atoms with Gasteiger partial charge in [-0.25, -0.2) is 4.98 Å². The molecule has 2 nitrogen and oxygen atoms in total. The highest BCUT2D eigenvalue weighted by atomic mass is 15.0. The average Bonchev–Trinajstić information content (AvgIpc) is 3.64. The van der Waals surface area contributed by atoms with E-state index in [9.17, 15) is 0 Å². The van der Waals surface area contributed by atoms with Gasteiger partial charge in [-0.2, -0.15) is 0 Å². The van der Waals surface area contributed by atoms with Gasteiger partial charge in [-0.1, -0.05) is 170 Å². The summed E-state index contributed by atoms with van der Waals surface area (Å²) >= 11 is 0. The van der Waals surface area contributed by atoms with Gasteiger partial charge in [0.05, 0.1) is 28.1 Å². The van der Waals surface area contributed by atoms with E-state index in [1.807, 2.05) is 0 Å². The summed E-state index contributed by atoms with van der Waals surface area (Å²) in [6, 6.07) is 79.5. The Labute approximate surface area is 341 Å². The lowest BCUT2D eigenvalue weighted by atomic mass is 9.91. The van der Waals surface area contributed by atoms with Crippen molar-refractivity contribution in [3.05, 3.63) is 218 Å². The largest absolute Gasteiger partial charge is 0.309 e. The van der Waals surface area contributed by atoms with Crippen molar-refractivity contribution in [2.45, 2.75) is 0 Å². The Bertz CT molecular complexity index is 3530. The van der Waals surface area contributed by atoms with E-state index >= 15 is 0 Å². The highest BCUT2D eigenvalue weighted by Crippen LogP contribution is 2.43. The van der Waals surface area contributed by atoms with E-state index in [2.05, 4.69) is 223 Å². The van der Waals surface area contributed by atoms with Gasteiger partial charge in [0.15, 0.2) is 0 Å². The predicted molar refractivity (Wildman–Crippen MR) is 250 cm³/mol.